The zero-order chi connectivity index (χ0) is 29.0. The molecule has 1 fully saturated rings. The molecule has 0 aliphatic carbocycles. The SMILES string of the molecule is CCOc1cc(C2CCN(CCO)CC2)c(C)cc1Nc1ncc(Cl)c(Nc2cn(C)nc2S(=O)(=O)C(C)C)n1. The van der Waals surface area contributed by atoms with Crippen molar-refractivity contribution in [3.63, 3.8) is 0 Å². The molecule has 0 radical (unpaired) electrons. The maximum absolute atomic E-state index is 12.8. The molecule has 0 amide bonds. The summed E-state index contributed by atoms with van der Waals surface area (Å²) in [5, 5.41) is 19.2. The van der Waals surface area contributed by atoms with Crippen LogP contribution < -0.4 is 15.4 Å². The number of aryl methyl sites for hydroxylation is 2. The maximum Gasteiger partial charge on any atom is 0.229 e. The van der Waals surface area contributed by atoms with E-state index in [2.05, 4.69) is 43.6 Å². The number of hydrogen-bond donors (Lipinski definition) is 3. The second kappa shape index (κ2) is 12.7. The number of ether oxygens (including phenoxy) is 1. The number of aliphatic hydroxyl groups excluding tert-OH is 1. The van der Waals surface area contributed by atoms with E-state index >= 15 is 0 Å². The fourth-order valence-corrected chi connectivity index (χ4v) is 6.11. The first-order valence-corrected chi connectivity index (χ1v) is 15.4. The number of halogens is 1. The van der Waals surface area contributed by atoms with Gasteiger partial charge in [-0.25, -0.2) is 13.4 Å². The monoisotopic (exact) mass is 591 g/mol. The molecular formula is C27H38ClN7O4S. The second-order valence-electron chi connectivity index (χ2n) is 10.2. The van der Waals surface area contributed by atoms with E-state index in [4.69, 9.17) is 16.3 Å². The Morgan fingerprint density at radius 1 is 1.20 bits per heavy atom. The van der Waals surface area contributed by atoms with Gasteiger partial charge < -0.3 is 25.4 Å². The van der Waals surface area contributed by atoms with E-state index in [1.165, 1.54) is 16.4 Å². The molecule has 218 valence electrons. The molecule has 2 aromatic heterocycles. The Morgan fingerprint density at radius 2 is 1.93 bits per heavy atom. The Kier molecular flexibility index (Phi) is 9.55. The topological polar surface area (TPSA) is 134 Å². The highest BCUT2D eigenvalue weighted by Gasteiger charge is 2.27. The number of aliphatic hydroxyl groups is 1. The normalized spacial score (nSPS) is 15.0. The summed E-state index contributed by atoms with van der Waals surface area (Å²) in [7, 11) is -1.99. The van der Waals surface area contributed by atoms with Gasteiger partial charge >= 0.3 is 0 Å². The molecule has 1 aliphatic heterocycles. The van der Waals surface area contributed by atoms with Crippen molar-refractivity contribution in [2.45, 2.75) is 56.7 Å². The van der Waals surface area contributed by atoms with Crippen molar-refractivity contribution < 1.29 is 18.3 Å². The number of β-amino-alcohol motifs (C(OH)–C–C–N with tert-alkyl or cyclic N) is 1. The molecule has 0 bridgehead atoms. The third kappa shape index (κ3) is 6.68. The smallest absolute Gasteiger partial charge is 0.229 e. The first kappa shape index (κ1) is 30.0. The van der Waals surface area contributed by atoms with Crippen molar-refractivity contribution in [2.24, 2.45) is 7.05 Å². The molecule has 13 heteroatoms. The minimum absolute atomic E-state index is 0.0683. The van der Waals surface area contributed by atoms with Gasteiger partial charge in [0.15, 0.2) is 5.82 Å². The summed E-state index contributed by atoms with van der Waals surface area (Å²) in [6.45, 7) is 10.6. The van der Waals surface area contributed by atoms with Gasteiger partial charge in [0.2, 0.25) is 20.8 Å². The lowest BCUT2D eigenvalue weighted by atomic mass is 9.86. The van der Waals surface area contributed by atoms with Crippen LogP contribution in [0.4, 0.5) is 23.1 Å². The molecule has 1 saturated heterocycles. The van der Waals surface area contributed by atoms with Crippen LogP contribution in [-0.4, -0.2) is 76.3 Å². The highest BCUT2D eigenvalue weighted by Crippen LogP contribution is 2.38. The average Bonchev–Trinajstić information content (AvgIpc) is 3.29. The maximum atomic E-state index is 12.8. The summed E-state index contributed by atoms with van der Waals surface area (Å²) in [6, 6.07) is 4.14. The summed E-state index contributed by atoms with van der Waals surface area (Å²) in [5.41, 5.74) is 3.40. The molecule has 3 heterocycles. The van der Waals surface area contributed by atoms with Gasteiger partial charge in [-0.15, -0.1) is 0 Å². The zero-order valence-electron chi connectivity index (χ0n) is 23.6. The molecule has 3 N–H and O–H groups in total. The van der Waals surface area contributed by atoms with Crippen LogP contribution in [0.3, 0.4) is 0 Å². The molecule has 0 unspecified atom stereocenters. The quantitative estimate of drug-likeness (QED) is 0.294. The number of hydrogen-bond acceptors (Lipinski definition) is 10. The molecule has 3 aromatic rings. The molecule has 1 aromatic carbocycles. The van der Waals surface area contributed by atoms with E-state index in [0.29, 0.717) is 24.8 Å². The van der Waals surface area contributed by atoms with Crippen LogP contribution in [0.2, 0.25) is 5.02 Å². The van der Waals surface area contributed by atoms with Gasteiger partial charge in [-0.1, -0.05) is 11.6 Å². The number of rotatable bonds is 11. The van der Waals surface area contributed by atoms with Gasteiger partial charge in [-0.2, -0.15) is 10.1 Å². The van der Waals surface area contributed by atoms with Crippen molar-refractivity contribution >= 4 is 44.6 Å². The third-order valence-electron chi connectivity index (χ3n) is 7.04. The van der Waals surface area contributed by atoms with Crippen LogP contribution in [-0.2, 0) is 16.9 Å². The zero-order valence-corrected chi connectivity index (χ0v) is 25.2. The summed E-state index contributed by atoms with van der Waals surface area (Å²) in [6.07, 6.45) is 5.08. The van der Waals surface area contributed by atoms with Crippen LogP contribution in [0.1, 0.15) is 50.7 Å². The lowest BCUT2D eigenvalue weighted by Crippen LogP contribution is -2.35. The Bertz CT molecular complexity index is 1440. The number of likely N-dealkylation sites (tertiary alicyclic amines) is 1. The first-order valence-electron chi connectivity index (χ1n) is 13.5. The van der Waals surface area contributed by atoms with E-state index in [9.17, 15) is 13.5 Å². The van der Waals surface area contributed by atoms with Crippen molar-refractivity contribution in [1.29, 1.82) is 0 Å². The molecule has 0 spiro atoms. The largest absolute Gasteiger partial charge is 0.492 e. The number of nitrogens with zero attached hydrogens (tertiary/aromatic N) is 5. The average molecular weight is 592 g/mol. The Hall–Kier alpha value is -2.93. The van der Waals surface area contributed by atoms with E-state index in [1.807, 2.05) is 13.0 Å². The van der Waals surface area contributed by atoms with Crippen LogP contribution in [0, 0.1) is 6.92 Å². The Labute approximate surface area is 240 Å². The number of nitrogens with one attached hydrogen (secondary N) is 2. The summed E-state index contributed by atoms with van der Waals surface area (Å²) in [5.74, 6) is 1.64. The summed E-state index contributed by atoms with van der Waals surface area (Å²) >= 11 is 6.39. The van der Waals surface area contributed by atoms with Crippen LogP contribution in [0.25, 0.3) is 0 Å². The standard InChI is InChI=1S/C27H38ClN7O4S/c1-6-39-24-14-20(19-7-9-35(10-8-19)11-12-36)18(4)13-22(24)31-27-29-15-21(28)25(32-27)30-23-16-34(5)33-26(23)40(37,38)17(2)3/h13-17,19,36H,6-12H2,1-5H3,(H2,29,30,31,32). The first-order chi connectivity index (χ1) is 19.0. The van der Waals surface area contributed by atoms with Gasteiger partial charge in [0.1, 0.15) is 10.8 Å². The van der Waals surface area contributed by atoms with Crippen molar-refractivity contribution in [3.05, 3.63) is 40.7 Å². The number of piperidine rings is 1. The minimum atomic E-state index is -3.64. The number of benzene rings is 1. The molecule has 1 aliphatic rings. The fourth-order valence-electron chi connectivity index (χ4n) is 4.88. The van der Waals surface area contributed by atoms with E-state index in [0.717, 1.165) is 37.2 Å². The predicted molar refractivity (Wildman–Crippen MR) is 157 cm³/mol. The van der Waals surface area contributed by atoms with Crippen LogP contribution in [0.15, 0.2) is 29.6 Å². The van der Waals surface area contributed by atoms with Gasteiger partial charge in [-0.05, 0) is 82.8 Å². The fraction of sp³-hybridized carbons (Fsp3) is 0.519. The second-order valence-corrected chi connectivity index (χ2v) is 13.1. The van der Waals surface area contributed by atoms with Gasteiger partial charge in [0, 0.05) is 19.8 Å². The van der Waals surface area contributed by atoms with Crippen LogP contribution >= 0.6 is 11.6 Å². The highest BCUT2D eigenvalue weighted by atomic mass is 35.5. The number of anilines is 4. The Balaban J connectivity index is 1.59. The lowest BCUT2D eigenvalue weighted by molar-refractivity contribution is 0.164. The lowest BCUT2D eigenvalue weighted by Gasteiger charge is -2.32. The van der Waals surface area contributed by atoms with Crippen molar-refractivity contribution in [2.75, 3.05) is 43.5 Å². The molecule has 0 atom stereocenters. The van der Waals surface area contributed by atoms with Crippen molar-refractivity contribution in [3.8, 4) is 5.75 Å². The van der Waals surface area contributed by atoms with Gasteiger partial charge in [-0.3, -0.25) is 4.68 Å². The minimum Gasteiger partial charge on any atom is -0.492 e. The van der Waals surface area contributed by atoms with E-state index in [-0.39, 0.29) is 34.1 Å². The number of sulfone groups is 1. The molecule has 11 nitrogen and oxygen atoms in total. The van der Waals surface area contributed by atoms with Gasteiger partial charge in [0.25, 0.3) is 0 Å². The molecule has 40 heavy (non-hydrogen) atoms. The van der Waals surface area contributed by atoms with Crippen molar-refractivity contribution in [1.82, 2.24) is 24.6 Å². The molecule has 0 saturated carbocycles. The van der Waals surface area contributed by atoms with E-state index < -0.39 is 15.1 Å². The summed E-state index contributed by atoms with van der Waals surface area (Å²) in [4.78, 5) is 11.2. The number of aromatic nitrogens is 4. The van der Waals surface area contributed by atoms with E-state index in [1.54, 1.807) is 27.1 Å². The molecular weight excluding hydrogens is 554 g/mol. The summed E-state index contributed by atoms with van der Waals surface area (Å²) < 4.78 is 33.1. The predicted octanol–water partition coefficient (Wildman–Crippen LogP) is 4.41. The Morgan fingerprint density at radius 3 is 2.58 bits per heavy atom. The molecule has 4 rings (SSSR count). The third-order valence-corrected chi connectivity index (χ3v) is 9.40. The van der Waals surface area contributed by atoms with Crippen LogP contribution in [0.5, 0.6) is 5.75 Å². The highest BCUT2D eigenvalue weighted by molar-refractivity contribution is 7.92. The van der Waals surface area contributed by atoms with Gasteiger partial charge in [0.05, 0.1) is 36.0 Å².